The Balaban J connectivity index is 1.45. The van der Waals surface area contributed by atoms with Gasteiger partial charge in [0.15, 0.2) is 0 Å². The van der Waals surface area contributed by atoms with E-state index in [9.17, 15) is 0 Å². The van der Waals surface area contributed by atoms with Crippen LogP contribution in [0.4, 0.5) is 0 Å². The van der Waals surface area contributed by atoms with Crippen molar-refractivity contribution in [1.82, 2.24) is 0 Å². The summed E-state index contributed by atoms with van der Waals surface area (Å²) in [5.74, 6) is 2.83. The van der Waals surface area contributed by atoms with Crippen LogP contribution >= 0.6 is 0 Å². The zero-order valence-electron chi connectivity index (χ0n) is 23.9. The van der Waals surface area contributed by atoms with Gasteiger partial charge >= 0.3 is 0 Å². The standard InChI is InChI=1S/C38H46/c1-5-31(35-16-10-7-11-17-35)26-29(3)33-22-24-34(25-23-33)30(4)27-38(37-20-14-9-15-21-37)28-32(6-2)36-18-12-8-13-19-36/h7-25,29-32,38H,5-6,26-28H2,1-4H3. The summed E-state index contributed by atoms with van der Waals surface area (Å²) < 4.78 is 0. The molecule has 0 heterocycles. The fourth-order valence-electron chi connectivity index (χ4n) is 6.24. The molecular formula is C38H46. The second-order valence-electron chi connectivity index (χ2n) is 11.3. The first-order chi connectivity index (χ1) is 18.6. The van der Waals surface area contributed by atoms with Gasteiger partial charge < -0.3 is 0 Å². The van der Waals surface area contributed by atoms with Gasteiger partial charge in [0, 0.05) is 0 Å². The van der Waals surface area contributed by atoms with Crippen molar-refractivity contribution in [2.75, 3.05) is 0 Å². The van der Waals surface area contributed by atoms with Gasteiger partial charge in [0.1, 0.15) is 0 Å². The van der Waals surface area contributed by atoms with E-state index in [1.54, 1.807) is 0 Å². The molecule has 0 heteroatoms. The highest BCUT2D eigenvalue weighted by Crippen LogP contribution is 2.39. The summed E-state index contributed by atoms with van der Waals surface area (Å²) in [7, 11) is 0. The molecule has 0 amide bonds. The lowest BCUT2D eigenvalue weighted by atomic mass is 9.78. The Labute approximate surface area is 232 Å². The van der Waals surface area contributed by atoms with Gasteiger partial charge in [-0.3, -0.25) is 0 Å². The Morgan fingerprint density at radius 1 is 0.368 bits per heavy atom. The summed E-state index contributed by atoms with van der Waals surface area (Å²) in [6.45, 7) is 9.47. The fraction of sp³-hybridized carbons (Fsp3) is 0.368. The summed E-state index contributed by atoms with van der Waals surface area (Å²) >= 11 is 0. The van der Waals surface area contributed by atoms with E-state index < -0.39 is 0 Å². The summed E-state index contributed by atoms with van der Waals surface area (Å²) in [5, 5.41) is 0. The Kier molecular flexibility index (Phi) is 10.4. The van der Waals surface area contributed by atoms with E-state index in [1.165, 1.54) is 59.9 Å². The lowest BCUT2D eigenvalue weighted by Crippen LogP contribution is -2.10. The molecule has 0 saturated carbocycles. The van der Waals surface area contributed by atoms with Crippen molar-refractivity contribution in [2.24, 2.45) is 0 Å². The molecule has 4 rings (SSSR count). The molecule has 0 aromatic heterocycles. The second kappa shape index (κ2) is 14.1. The second-order valence-corrected chi connectivity index (χ2v) is 11.3. The maximum absolute atomic E-state index is 2.42. The Hall–Kier alpha value is -3.12. The number of rotatable bonds is 13. The molecule has 38 heavy (non-hydrogen) atoms. The van der Waals surface area contributed by atoms with Crippen molar-refractivity contribution >= 4 is 0 Å². The SMILES string of the molecule is CCC(CC(C)c1ccc(C(C)CC(CC(CC)c2ccccc2)c2ccccc2)cc1)c1ccccc1. The third-order valence-electron chi connectivity index (χ3n) is 8.72. The molecule has 198 valence electrons. The minimum absolute atomic E-state index is 0.519. The maximum atomic E-state index is 2.42. The zero-order valence-corrected chi connectivity index (χ0v) is 23.9. The molecule has 0 saturated heterocycles. The van der Waals surface area contributed by atoms with E-state index in [0.717, 1.165) is 0 Å². The fourth-order valence-corrected chi connectivity index (χ4v) is 6.24. The monoisotopic (exact) mass is 502 g/mol. The number of benzene rings is 4. The van der Waals surface area contributed by atoms with E-state index in [-0.39, 0.29) is 0 Å². The molecule has 5 atom stereocenters. The predicted molar refractivity (Wildman–Crippen MR) is 165 cm³/mol. The van der Waals surface area contributed by atoms with Crippen molar-refractivity contribution in [2.45, 2.75) is 89.4 Å². The molecule has 0 spiro atoms. The lowest BCUT2D eigenvalue weighted by Gasteiger charge is -2.27. The van der Waals surface area contributed by atoms with Crippen LogP contribution in [0.3, 0.4) is 0 Å². The molecule has 0 N–H and O–H groups in total. The quantitative estimate of drug-likeness (QED) is 0.170. The summed E-state index contributed by atoms with van der Waals surface area (Å²) in [4.78, 5) is 0. The van der Waals surface area contributed by atoms with Crippen LogP contribution in [0.2, 0.25) is 0 Å². The van der Waals surface area contributed by atoms with Crippen LogP contribution in [0, 0.1) is 0 Å². The smallest absolute Gasteiger partial charge is 0.0150 e. The molecule has 0 aliphatic heterocycles. The average Bonchev–Trinajstić information content (AvgIpc) is 2.99. The first-order valence-electron chi connectivity index (χ1n) is 14.8. The van der Waals surface area contributed by atoms with Crippen LogP contribution < -0.4 is 0 Å². The minimum Gasteiger partial charge on any atom is -0.0648 e. The summed E-state index contributed by atoms with van der Waals surface area (Å²) in [6.07, 6.45) is 5.93. The predicted octanol–water partition coefficient (Wildman–Crippen LogP) is 11.2. The van der Waals surface area contributed by atoms with Crippen LogP contribution in [-0.2, 0) is 0 Å². The van der Waals surface area contributed by atoms with Crippen LogP contribution in [-0.4, -0.2) is 0 Å². The Morgan fingerprint density at radius 3 is 1.05 bits per heavy atom. The van der Waals surface area contributed by atoms with Gasteiger partial charge in [-0.15, -0.1) is 0 Å². The summed E-state index contributed by atoms with van der Waals surface area (Å²) in [6, 6.07) is 42.9. The molecule has 4 aromatic carbocycles. The highest BCUT2D eigenvalue weighted by atomic mass is 14.3. The molecule has 0 fully saturated rings. The third kappa shape index (κ3) is 7.47. The first kappa shape index (κ1) is 27.9. The lowest BCUT2D eigenvalue weighted by molar-refractivity contribution is 0.467. The van der Waals surface area contributed by atoms with E-state index >= 15 is 0 Å². The highest BCUT2D eigenvalue weighted by molar-refractivity contribution is 5.30. The van der Waals surface area contributed by atoms with Gasteiger partial charge in [-0.2, -0.15) is 0 Å². The molecule has 0 aliphatic carbocycles. The van der Waals surface area contributed by atoms with E-state index in [4.69, 9.17) is 0 Å². The Morgan fingerprint density at radius 2 is 0.684 bits per heavy atom. The molecule has 0 aliphatic rings. The number of hydrogen-bond acceptors (Lipinski definition) is 0. The van der Waals surface area contributed by atoms with Crippen LogP contribution in [0.15, 0.2) is 115 Å². The Bertz CT molecular complexity index is 1180. The normalized spacial score (nSPS) is 15.4. The van der Waals surface area contributed by atoms with E-state index in [2.05, 4.69) is 143 Å². The van der Waals surface area contributed by atoms with Crippen molar-refractivity contribution < 1.29 is 0 Å². The maximum Gasteiger partial charge on any atom is -0.0150 e. The largest absolute Gasteiger partial charge is 0.0648 e. The van der Waals surface area contributed by atoms with Gasteiger partial charge in [0.25, 0.3) is 0 Å². The van der Waals surface area contributed by atoms with Gasteiger partial charge in [-0.1, -0.05) is 143 Å². The van der Waals surface area contributed by atoms with Gasteiger partial charge in [-0.05, 0) is 89.5 Å². The minimum atomic E-state index is 0.519. The topological polar surface area (TPSA) is 0 Å². The van der Waals surface area contributed by atoms with Gasteiger partial charge in [0.05, 0.1) is 0 Å². The van der Waals surface area contributed by atoms with Crippen LogP contribution in [0.5, 0.6) is 0 Å². The molecule has 0 radical (unpaired) electrons. The van der Waals surface area contributed by atoms with E-state index in [1.807, 2.05) is 0 Å². The van der Waals surface area contributed by atoms with Crippen molar-refractivity contribution in [3.8, 4) is 0 Å². The van der Waals surface area contributed by atoms with Crippen LogP contribution in [0.25, 0.3) is 0 Å². The van der Waals surface area contributed by atoms with Crippen molar-refractivity contribution in [1.29, 1.82) is 0 Å². The third-order valence-corrected chi connectivity index (χ3v) is 8.72. The molecule has 0 bridgehead atoms. The summed E-state index contributed by atoms with van der Waals surface area (Å²) in [5.41, 5.74) is 7.35. The average molecular weight is 503 g/mol. The highest BCUT2D eigenvalue weighted by Gasteiger charge is 2.22. The molecular weight excluding hydrogens is 456 g/mol. The number of hydrogen-bond donors (Lipinski definition) is 0. The van der Waals surface area contributed by atoms with Gasteiger partial charge in [-0.25, -0.2) is 0 Å². The van der Waals surface area contributed by atoms with E-state index in [0.29, 0.717) is 29.6 Å². The molecule has 0 nitrogen and oxygen atoms in total. The first-order valence-corrected chi connectivity index (χ1v) is 14.8. The zero-order chi connectivity index (χ0) is 26.7. The molecule has 5 unspecified atom stereocenters. The van der Waals surface area contributed by atoms with Gasteiger partial charge in [0.2, 0.25) is 0 Å². The van der Waals surface area contributed by atoms with Crippen LogP contribution in [0.1, 0.15) is 117 Å². The van der Waals surface area contributed by atoms with Crippen molar-refractivity contribution in [3.05, 3.63) is 143 Å². The van der Waals surface area contributed by atoms with Crippen molar-refractivity contribution in [3.63, 3.8) is 0 Å². The molecule has 4 aromatic rings.